The Morgan fingerprint density at radius 2 is 1.62 bits per heavy atom. The zero-order chi connectivity index (χ0) is 23.3. The lowest BCUT2D eigenvalue weighted by Crippen LogP contribution is -2.11. The van der Waals surface area contributed by atoms with Gasteiger partial charge >= 0.3 is 0 Å². The van der Waals surface area contributed by atoms with Gasteiger partial charge in [-0.1, -0.05) is 95.7 Å². The van der Waals surface area contributed by atoms with Crippen LogP contribution in [0.4, 0.5) is 10.1 Å². The van der Waals surface area contributed by atoms with E-state index in [0.717, 1.165) is 21.9 Å². The van der Waals surface area contributed by atoms with Gasteiger partial charge in [0.05, 0.1) is 6.21 Å². The van der Waals surface area contributed by atoms with E-state index in [1.807, 2.05) is 54.6 Å². The molecule has 0 atom stereocenters. The van der Waals surface area contributed by atoms with Crippen LogP contribution in [-0.2, 0) is 0 Å². The number of rotatable bonds is 6. The Kier molecular flexibility index (Phi) is 6.33. The lowest BCUT2D eigenvalue weighted by molar-refractivity contribution is 0.102. The van der Waals surface area contributed by atoms with Gasteiger partial charge in [0.25, 0.3) is 5.91 Å². The van der Waals surface area contributed by atoms with E-state index in [4.69, 9.17) is 16.6 Å². The number of amides is 1. The third-order valence-electron chi connectivity index (χ3n) is 5.20. The zero-order valence-corrected chi connectivity index (χ0v) is 19.5. The molecule has 0 fully saturated rings. The molecule has 1 aromatic heterocycles. The number of anilines is 2. The van der Waals surface area contributed by atoms with Gasteiger partial charge in [-0.3, -0.25) is 10.2 Å². The maximum absolute atomic E-state index is 12.8. The van der Waals surface area contributed by atoms with Gasteiger partial charge in [-0.15, -0.1) is 0 Å². The number of nitrogens with zero attached hydrogens (tertiary/aromatic N) is 2. The maximum Gasteiger partial charge on any atom is 0.256 e. The van der Waals surface area contributed by atoms with Gasteiger partial charge in [-0.25, -0.2) is 4.98 Å². The molecule has 4 aromatic carbocycles. The normalized spacial score (nSPS) is 11.1. The van der Waals surface area contributed by atoms with Crippen LogP contribution >= 0.6 is 22.9 Å². The molecule has 34 heavy (non-hydrogen) atoms. The molecule has 166 valence electrons. The zero-order valence-electron chi connectivity index (χ0n) is 17.9. The molecule has 2 N–H and O–H groups in total. The largest absolute Gasteiger partial charge is 0.312 e. The van der Waals surface area contributed by atoms with E-state index in [2.05, 4.69) is 34.0 Å². The second-order valence-corrected chi connectivity index (χ2v) is 8.90. The topological polar surface area (TPSA) is 66.4 Å². The summed E-state index contributed by atoms with van der Waals surface area (Å²) >= 11 is 7.27. The molecule has 1 heterocycles. The lowest BCUT2D eigenvalue weighted by atomic mass is 10.1. The van der Waals surface area contributed by atoms with Gasteiger partial charge in [-0.2, -0.15) is 5.10 Å². The summed E-state index contributed by atoms with van der Waals surface area (Å²) in [5.74, 6) is -0.233. The van der Waals surface area contributed by atoms with Gasteiger partial charge < -0.3 is 5.32 Å². The predicted molar refractivity (Wildman–Crippen MR) is 142 cm³/mol. The van der Waals surface area contributed by atoms with Crippen molar-refractivity contribution >= 4 is 56.0 Å². The Labute approximate surface area is 205 Å². The maximum atomic E-state index is 12.8. The number of halogens is 1. The van der Waals surface area contributed by atoms with Gasteiger partial charge in [0, 0.05) is 21.7 Å². The first-order valence-corrected chi connectivity index (χ1v) is 11.8. The number of aromatic nitrogens is 1. The molecule has 5 aromatic rings. The Balaban J connectivity index is 1.41. The molecule has 5 rings (SSSR count). The van der Waals surface area contributed by atoms with Crippen molar-refractivity contribution in [3.8, 4) is 11.3 Å². The number of carbonyl (C=O) groups excluding carboxylic acids is 1. The Bertz CT molecular complexity index is 1470. The highest BCUT2D eigenvalue weighted by molar-refractivity contribution is 7.20. The van der Waals surface area contributed by atoms with Crippen LogP contribution in [0.1, 0.15) is 15.9 Å². The number of hydrazone groups is 1. The first kappa shape index (κ1) is 21.8. The molecule has 0 saturated carbocycles. The summed E-state index contributed by atoms with van der Waals surface area (Å²) in [7, 11) is 0. The van der Waals surface area contributed by atoms with Crippen LogP contribution in [0.3, 0.4) is 0 Å². The Morgan fingerprint density at radius 1 is 0.882 bits per heavy atom. The summed E-state index contributed by atoms with van der Waals surface area (Å²) in [5, 5.41) is 11.4. The highest BCUT2D eigenvalue weighted by Crippen LogP contribution is 2.36. The fourth-order valence-electron chi connectivity index (χ4n) is 3.54. The fraction of sp³-hybridized carbons (Fsp3) is 0. The van der Waals surface area contributed by atoms with Crippen LogP contribution in [0.15, 0.2) is 102 Å². The van der Waals surface area contributed by atoms with Crippen LogP contribution < -0.4 is 10.7 Å². The van der Waals surface area contributed by atoms with Crippen LogP contribution in [0.5, 0.6) is 0 Å². The molecular weight excluding hydrogens is 464 g/mol. The van der Waals surface area contributed by atoms with Crippen LogP contribution in [0.2, 0.25) is 5.02 Å². The number of fused-ring (bicyclic) bond motifs is 1. The van der Waals surface area contributed by atoms with Crippen LogP contribution in [-0.4, -0.2) is 17.1 Å². The van der Waals surface area contributed by atoms with E-state index in [1.54, 1.807) is 30.5 Å². The minimum Gasteiger partial charge on any atom is -0.312 e. The molecule has 0 aliphatic rings. The number of hydrogen-bond donors (Lipinski definition) is 2. The van der Waals surface area contributed by atoms with Crippen molar-refractivity contribution in [1.29, 1.82) is 0 Å². The highest BCUT2D eigenvalue weighted by Gasteiger charge is 2.16. The monoisotopic (exact) mass is 482 g/mol. The quantitative estimate of drug-likeness (QED) is 0.197. The van der Waals surface area contributed by atoms with E-state index < -0.39 is 0 Å². The van der Waals surface area contributed by atoms with Crippen molar-refractivity contribution in [2.45, 2.75) is 0 Å². The van der Waals surface area contributed by atoms with E-state index in [0.29, 0.717) is 26.4 Å². The average Bonchev–Trinajstić information content (AvgIpc) is 3.27. The third-order valence-corrected chi connectivity index (χ3v) is 6.32. The van der Waals surface area contributed by atoms with Crippen molar-refractivity contribution in [3.05, 3.63) is 113 Å². The summed E-state index contributed by atoms with van der Waals surface area (Å²) in [5.41, 5.74) is 6.11. The van der Waals surface area contributed by atoms with E-state index in [-0.39, 0.29) is 5.91 Å². The van der Waals surface area contributed by atoms with Crippen molar-refractivity contribution in [2.24, 2.45) is 5.10 Å². The van der Waals surface area contributed by atoms with Crippen molar-refractivity contribution in [3.63, 3.8) is 0 Å². The number of thiazole rings is 1. The lowest BCUT2D eigenvalue weighted by Gasteiger charge is -2.05. The van der Waals surface area contributed by atoms with E-state index in [9.17, 15) is 4.79 Å². The fourth-order valence-corrected chi connectivity index (χ4v) is 4.50. The molecule has 0 radical (unpaired) electrons. The highest BCUT2D eigenvalue weighted by atomic mass is 35.5. The molecule has 7 heteroatoms. The minimum absolute atomic E-state index is 0.233. The molecule has 0 saturated heterocycles. The standard InChI is InChI=1S/C27H19ClN4OS/c28-22-15-13-20(14-16-22)25(33)31-26-24(19-8-2-1-3-9-19)30-27(34-26)32-29-17-21-11-6-10-18-7-4-5-12-23(18)21/h1-17H,(H,30,32)(H,31,33). The van der Waals surface area contributed by atoms with Crippen molar-refractivity contribution in [2.75, 3.05) is 10.7 Å². The number of hydrogen-bond acceptors (Lipinski definition) is 5. The van der Waals surface area contributed by atoms with Crippen LogP contribution in [0, 0.1) is 0 Å². The van der Waals surface area contributed by atoms with Gasteiger partial charge in [0.15, 0.2) is 0 Å². The summed E-state index contributed by atoms with van der Waals surface area (Å²) in [4.78, 5) is 17.5. The summed E-state index contributed by atoms with van der Waals surface area (Å²) in [6.45, 7) is 0. The van der Waals surface area contributed by atoms with Crippen molar-refractivity contribution in [1.82, 2.24) is 4.98 Å². The second kappa shape index (κ2) is 9.87. The Morgan fingerprint density at radius 3 is 2.44 bits per heavy atom. The molecule has 0 bridgehead atoms. The van der Waals surface area contributed by atoms with Crippen LogP contribution in [0.25, 0.3) is 22.0 Å². The van der Waals surface area contributed by atoms with Gasteiger partial charge in [-0.05, 0) is 35.0 Å². The Hall–Kier alpha value is -4.00. The molecule has 0 unspecified atom stereocenters. The summed E-state index contributed by atoms with van der Waals surface area (Å²) in [6.07, 6.45) is 1.78. The molecular formula is C27H19ClN4OS. The van der Waals surface area contributed by atoms with Gasteiger partial charge in [0.2, 0.25) is 5.13 Å². The second-order valence-electron chi connectivity index (χ2n) is 7.46. The van der Waals surface area contributed by atoms with E-state index in [1.165, 1.54) is 11.3 Å². The molecule has 0 aliphatic heterocycles. The first-order valence-electron chi connectivity index (χ1n) is 10.6. The SMILES string of the molecule is O=C(Nc1sc(NN=Cc2cccc3ccccc23)nc1-c1ccccc1)c1ccc(Cl)cc1. The molecule has 1 amide bonds. The molecule has 0 aliphatic carbocycles. The number of nitrogens with one attached hydrogen (secondary N) is 2. The molecule has 5 nitrogen and oxygen atoms in total. The number of carbonyl (C=O) groups is 1. The minimum atomic E-state index is -0.233. The molecule has 0 spiro atoms. The first-order chi connectivity index (χ1) is 16.7. The smallest absolute Gasteiger partial charge is 0.256 e. The summed E-state index contributed by atoms with van der Waals surface area (Å²) < 4.78 is 0. The van der Waals surface area contributed by atoms with Crippen molar-refractivity contribution < 1.29 is 4.79 Å². The van der Waals surface area contributed by atoms with Gasteiger partial charge in [0.1, 0.15) is 10.7 Å². The van der Waals surface area contributed by atoms with E-state index >= 15 is 0 Å². The third kappa shape index (κ3) is 4.83. The summed E-state index contributed by atoms with van der Waals surface area (Å²) in [6, 6.07) is 30.7. The average molecular weight is 483 g/mol. The predicted octanol–water partition coefficient (Wildman–Crippen LogP) is 7.32. The number of benzene rings is 4.